The molecule has 6 nitrogen and oxygen atoms in total. The van der Waals surface area contributed by atoms with E-state index in [1.54, 1.807) is 18.2 Å². The minimum atomic E-state index is -0.157. The van der Waals surface area contributed by atoms with Crippen molar-refractivity contribution in [3.63, 3.8) is 0 Å². The maximum absolute atomic E-state index is 10.7. The van der Waals surface area contributed by atoms with Gasteiger partial charge in [0.15, 0.2) is 0 Å². The fourth-order valence-corrected chi connectivity index (χ4v) is 3.63. The smallest absolute Gasteiger partial charge is 0.305 e. The summed E-state index contributed by atoms with van der Waals surface area (Å²) < 4.78 is 4.96. The van der Waals surface area contributed by atoms with Crippen LogP contribution in [0.1, 0.15) is 85.1 Å². The van der Waals surface area contributed by atoms with Crippen LogP contribution in [0.3, 0.4) is 0 Å². The number of aromatic hydroxyl groups is 1. The highest BCUT2D eigenvalue weighted by Gasteiger charge is 2.21. The molecule has 0 aliphatic rings. The minimum absolute atomic E-state index is 0.0754. The van der Waals surface area contributed by atoms with E-state index in [4.69, 9.17) is 16.3 Å². The highest BCUT2D eigenvalue weighted by atomic mass is 35.5. The molecular formula is C27H38ClN3O3. The number of ether oxygens (including phenoxy) is 1. The molecule has 0 radical (unpaired) electrons. The van der Waals surface area contributed by atoms with Gasteiger partial charge >= 0.3 is 5.97 Å². The van der Waals surface area contributed by atoms with E-state index < -0.39 is 0 Å². The Morgan fingerprint density at radius 1 is 1.00 bits per heavy atom. The standard InChI is InChI=1S/C16H16ClN3O.C11H22O2/c1-16(2,3)11-5-4-6-14(15(11)21)20-18-12-8-7-10(17)9-13(12)19-20;1-3-5-6-7-8-9-10-13-11(12)4-2/h4-9,21H,1-3H3;3-10H2,1-2H3. The Labute approximate surface area is 208 Å². The van der Waals surface area contributed by atoms with Crippen LogP contribution in [0.15, 0.2) is 36.4 Å². The predicted octanol–water partition coefficient (Wildman–Crippen LogP) is 7.38. The quantitative estimate of drug-likeness (QED) is 0.251. The number of phenolic OH excluding ortho intramolecular Hbond substituents is 1. The molecule has 0 bridgehead atoms. The van der Waals surface area contributed by atoms with E-state index in [1.807, 2.05) is 25.1 Å². The van der Waals surface area contributed by atoms with Crippen LogP contribution >= 0.6 is 11.6 Å². The zero-order chi connectivity index (χ0) is 25.1. The summed E-state index contributed by atoms with van der Waals surface area (Å²) >= 11 is 5.96. The van der Waals surface area contributed by atoms with Crippen LogP contribution in [-0.2, 0) is 14.9 Å². The van der Waals surface area contributed by atoms with E-state index >= 15 is 0 Å². The molecule has 0 aliphatic carbocycles. The average Bonchev–Trinajstić information content (AvgIpc) is 3.21. The van der Waals surface area contributed by atoms with Gasteiger partial charge < -0.3 is 9.84 Å². The molecule has 0 spiro atoms. The Morgan fingerprint density at radius 2 is 1.68 bits per heavy atom. The van der Waals surface area contributed by atoms with Gasteiger partial charge in [0.2, 0.25) is 0 Å². The number of nitrogens with zero attached hydrogens (tertiary/aromatic N) is 3. The summed E-state index contributed by atoms with van der Waals surface area (Å²) in [6.07, 6.45) is 7.91. The molecule has 0 amide bonds. The SMILES string of the molecule is CC(C)(C)c1cccc(-n2nc3ccc(Cl)cc3n2)c1O.CCCCCCCCOC(=O)CC. The second-order valence-corrected chi connectivity index (χ2v) is 9.82. The molecule has 0 saturated carbocycles. The molecule has 0 unspecified atom stereocenters. The summed E-state index contributed by atoms with van der Waals surface area (Å²) in [7, 11) is 0. The van der Waals surface area contributed by atoms with E-state index in [2.05, 4.69) is 37.9 Å². The average molecular weight is 488 g/mol. The number of phenols is 1. The number of carbonyl (C=O) groups excluding carboxylic acids is 1. The highest BCUT2D eigenvalue weighted by Crippen LogP contribution is 2.34. The Hall–Kier alpha value is -2.60. The van der Waals surface area contributed by atoms with E-state index in [9.17, 15) is 9.90 Å². The molecule has 2 aromatic carbocycles. The molecular weight excluding hydrogens is 450 g/mol. The molecule has 3 rings (SSSR count). The molecule has 3 aromatic rings. The Bertz CT molecular complexity index is 1060. The van der Waals surface area contributed by atoms with Gasteiger partial charge in [0.1, 0.15) is 22.5 Å². The number of esters is 1. The zero-order valence-electron chi connectivity index (χ0n) is 21.1. The van der Waals surface area contributed by atoms with Crippen LogP contribution in [-0.4, -0.2) is 32.7 Å². The highest BCUT2D eigenvalue weighted by molar-refractivity contribution is 6.31. The summed E-state index contributed by atoms with van der Waals surface area (Å²) in [6, 6.07) is 11.0. The number of hydrogen-bond acceptors (Lipinski definition) is 5. The van der Waals surface area contributed by atoms with E-state index in [-0.39, 0.29) is 17.1 Å². The van der Waals surface area contributed by atoms with E-state index in [1.165, 1.54) is 36.9 Å². The molecule has 0 aliphatic heterocycles. The number of fused-ring (bicyclic) bond motifs is 1. The third kappa shape index (κ3) is 8.32. The first-order chi connectivity index (χ1) is 16.2. The number of benzene rings is 2. The number of unbranched alkanes of at least 4 members (excludes halogenated alkanes) is 5. The van der Waals surface area contributed by atoms with Gasteiger partial charge in [0, 0.05) is 17.0 Å². The molecule has 0 saturated heterocycles. The molecule has 1 aromatic heterocycles. The third-order valence-corrected chi connectivity index (χ3v) is 5.67. The van der Waals surface area contributed by atoms with Crippen molar-refractivity contribution >= 4 is 28.6 Å². The lowest BCUT2D eigenvalue weighted by Crippen LogP contribution is -2.12. The number of hydrogen-bond donors (Lipinski definition) is 1. The number of halogens is 1. The summed E-state index contributed by atoms with van der Waals surface area (Å²) in [6.45, 7) is 10.8. The Kier molecular flexibility index (Phi) is 10.8. The third-order valence-electron chi connectivity index (χ3n) is 5.43. The molecule has 34 heavy (non-hydrogen) atoms. The largest absolute Gasteiger partial charge is 0.505 e. The van der Waals surface area contributed by atoms with Crippen LogP contribution in [0.25, 0.3) is 16.7 Å². The maximum Gasteiger partial charge on any atom is 0.305 e. The van der Waals surface area contributed by atoms with Gasteiger partial charge in [0.05, 0.1) is 6.61 Å². The van der Waals surface area contributed by atoms with Crippen LogP contribution in [0, 0.1) is 0 Å². The van der Waals surface area contributed by atoms with Gasteiger partial charge in [-0.2, -0.15) is 0 Å². The summed E-state index contributed by atoms with van der Waals surface area (Å²) in [4.78, 5) is 12.2. The molecule has 7 heteroatoms. The summed E-state index contributed by atoms with van der Waals surface area (Å²) in [5, 5.41) is 19.9. The lowest BCUT2D eigenvalue weighted by molar-refractivity contribution is -0.143. The number of carbonyl (C=O) groups is 1. The van der Waals surface area contributed by atoms with Crippen molar-refractivity contribution in [1.29, 1.82) is 0 Å². The lowest BCUT2D eigenvalue weighted by atomic mass is 9.86. The monoisotopic (exact) mass is 487 g/mol. The topological polar surface area (TPSA) is 77.2 Å². The van der Waals surface area contributed by atoms with Gasteiger partial charge in [0.25, 0.3) is 0 Å². The second-order valence-electron chi connectivity index (χ2n) is 9.39. The lowest BCUT2D eigenvalue weighted by Gasteiger charge is -2.21. The zero-order valence-corrected chi connectivity index (χ0v) is 21.9. The molecule has 0 fully saturated rings. The maximum atomic E-state index is 10.7. The minimum Gasteiger partial charge on any atom is -0.505 e. The van der Waals surface area contributed by atoms with Crippen LogP contribution < -0.4 is 0 Å². The fourth-order valence-electron chi connectivity index (χ4n) is 3.46. The van der Waals surface area contributed by atoms with Crippen molar-refractivity contribution in [3.8, 4) is 11.4 Å². The molecule has 186 valence electrons. The number of aromatic nitrogens is 3. The van der Waals surface area contributed by atoms with E-state index in [0.717, 1.165) is 17.5 Å². The van der Waals surface area contributed by atoms with Crippen molar-refractivity contribution in [1.82, 2.24) is 15.0 Å². The van der Waals surface area contributed by atoms with Crippen molar-refractivity contribution in [3.05, 3.63) is 47.0 Å². The fraction of sp³-hybridized carbons (Fsp3) is 0.519. The van der Waals surface area contributed by atoms with Gasteiger partial charge in [-0.25, -0.2) is 0 Å². The van der Waals surface area contributed by atoms with E-state index in [0.29, 0.717) is 29.3 Å². The van der Waals surface area contributed by atoms with Crippen molar-refractivity contribution < 1.29 is 14.6 Å². The summed E-state index contributed by atoms with van der Waals surface area (Å²) in [5.41, 5.74) is 2.70. The number of rotatable bonds is 9. The molecule has 0 atom stereocenters. The first-order valence-corrected chi connectivity index (χ1v) is 12.6. The van der Waals surface area contributed by atoms with Crippen molar-refractivity contribution in [2.24, 2.45) is 0 Å². The van der Waals surface area contributed by atoms with Crippen LogP contribution in [0.2, 0.25) is 5.02 Å². The van der Waals surface area contributed by atoms with Crippen molar-refractivity contribution in [2.45, 2.75) is 85.0 Å². The Morgan fingerprint density at radius 3 is 2.35 bits per heavy atom. The normalized spacial score (nSPS) is 11.2. The summed E-state index contributed by atoms with van der Waals surface area (Å²) in [5.74, 6) is 0.130. The molecule has 1 N–H and O–H groups in total. The predicted molar refractivity (Wildman–Crippen MR) is 139 cm³/mol. The first-order valence-electron chi connectivity index (χ1n) is 12.2. The molecule has 1 heterocycles. The van der Waals surface area contributed by atoms with Gasteiger partial charge in [-0.05, 0) is 36.1 Å². The van der Waals surface area contributed by atoms with Gasteiger partial charge in [-0.3, -0.25) is 4.79 Å². The van der Waals surface area contributed by atoms with Gasteiger partial charge in [-0.15, -0.1) is 15.0 Å². The van der Waals surface area contributed by atoms with Gasteiger partial charge in [-0.1, -0.05) is 90.5 Å². The van der Waals surface area contributed by atoms with Crippen LogP contribution in [0.4, 0.5) is 0 Å². The van der Waals surface area contributed by atoms with Crippen molar-refractivity contribution in [2.75, 3.05) is 6.61 Å². The second kappa shape index (κ2) is 13.3. The Balaban J connectivity index is 0.000000273. The number of para-hydroxylation sites is 1. The van der Waals surface area contributed by atoms with Crippen LogP contribution in [0.5, 0.6) is 5.75 Å². The first kappa shape index (κ1) is 27.6.